The van der Waals surface area contributed by atoms with Crippen LogP contribution in [0.5, 0.6) is 5.75 Å². The fourth-order valence-electron chi connectivity index (χ4n) is 3.14. The Balaban J connectivity index is 1.60. The van der Waals surface area contributed by atoms with Gasteiger partial charge in [-0.1, -0.05) is 18.2 Å². The van der Waals surface area contributed by atoms with Crippen LogP contribution in [0.4, 0.5) is 11.4 Å². The molecule has 6 nitrogen and oxygen atoms in total. The van der Waals surface area contributed by atoms with E-state index in [9.17, 15) is 13.2 Å². The van der Waals surface area contributed by atoms with Gasteiger partial charge in [0.2, 0.25) is 15.9 Å². The summed E-state index contributed by atoms with van der Waals surface area (Å²) in [7, 11) is -3.55. The number of hydrogen-bond donors (Lipinski definition) is 1. The third kappa shape index (κ3) is 4.80. The third-order valence-corrected chi connectivity index (χ3v) is 6.21. The van der Waals surface area contributed by atoms with Crippen molar-refractivity contribution in [3.05, 3.63) is 54.1 Å². The van der Waals surface area contributed by atoms with Crippen LogP contribution < -0.4 is 14.4 Å². The van der Waals surface area contributed by atoms with Crippen LogP contribution in [0.2, 0.25) is 0 Å². The molecule has 2 aromatic carbocycles. The summed E-state index contributed by atoms with van der Waals surface area (Å²) in [6.45, 7) is 2.93. The van der Waals surface area contributed by atoms with Crippen LogP contribution in [-0.2, 0) is 21.2 Å². The number of nitrogens with zero attached hydrogens (tertiary/aromatic N) is 1. The first-order chi connectivity index (χ1) is 13.0. The Morgan fingerprint density at radius 3 is 2.63 bits per heavy atom. The molecular weight excluding hydrogens is 364 g/mol. The minimum atomic E-state index is -3.55. The van der Waals surface area contributed by atoms with Crippen molar-refractivity contribution in [3.63, 3.8) is 0 Å². The second-order valence-electron chi connectivity index (χ2n) is 6.38. The lowest BCUT2D eigenvalue weighted by Gasteiger charge is -2.30. The predicted octanol–water partition coefficient (Wildman–Crippen LogP) is 3.20. The highest BCUT2D eigenvalue weighted by atomic mass is 32.2. The van der Waals surface area contributed by atoms with Gasteiger partial charge in [-0.3, -0.25) is 9.10 Å². The third-order valence-electron chi connectivity index (χ3n) is 4.44. The summed E-state index contributed by atoms with van der Waals surface area (Å²) in [6, 6.07) is 14.5. The molecule has 1 heterocycles. The van der Waals surface area contributed by atoms with Gasteiger partial charge in [0.25, 0.3) is 0 Å². The number of hydrogen-bond acceptors (Lipinski definition) is 4. The lowest BCUT2D eigenvalue weighted by molar-refractivity contribution is -0.115. The lowest BCUT2D eigenvalue weighted by Crippen LogP contribution is -2.37. The fourth-order valence-corrected chi connectivity index (χ4v) is 4.69. The largest absolute Gasteiger partial charge is 0.494 e. The molecule has 1 aliphatic heterocycles. The lowest BCUT2D eigenvalue weighted by atomic mass is 10.0. The van der Waals surface area contributed by atoms with Crippen molar-refractivity contribution in [1.82, 2.24) is 0 Å². The Bertz CT molecular complexity index is 894. The molecule has 0 atom stereocenters. The molecule has 1 N–H and O–H groups in total. The van der Waals surface area contributed by atoms with Gasteiger partial charge in [-0.15, -0.1) is 0 Å². The van der Waals surface area contributed by atoms with Crippen LogP contribution in [-0.4, -0.2) is 33.2 Å². The number of carbonyl (C=O) groups is 1. The number of carbonyl (C=O) groups excluding carboxylic acids is 1. The van der Waals surface area contributed by atoms with Crippen molar-refractivity contribution < 1.29 is 17.9 Å². The van der Waals surface area contributed by atoms with Crippen molar-refractivity contribution in [1.29, 1.82) is 0 Å². The first-order valence-corrected chi connectivity index (χ1v) is 10.7. The van der Waals surface area contributed by atoms with Crippen molar-refractivity contribution in [3.8, 4) is 5.75 Å². The van der Waals surface area contributed by atoms with Crippen molar-refractivity contribution >= 4 is 27.3 Å². The second kappa shape index (κ2) is 8.43. The molecule has 0 saturated heterocycles. The Hall–Kier alpha value is -2.54. The highest BCUT2D eigenvalue weighted by Crippen LogP contribution is 2.29. The van der Waals surface area contributed by atoms with Gasteiger partial charge in [-0.2, -0.15) is 0 Å². The van der Waals surface area contributed by atoms with Gasteiger partial charge >= 0.3 is 0 Å². The number of sulfonamides is 1. The minimum Gasteiger partial charge on any atom is -0.494 e. The van der Waals surface area contributed by atoms with Gasteiger partial charge in [-0.25, -0.2) is 8.42 Å². The van der Waals surface area contributed by atoms with Crippen LogP contribution in [0, 0.1) is 0 Å². The molecule has 0 radical (unpaired) electrons. The highest BCUT2D eigenvalue weighted by Gasteiger charge is 2.27. The molecule has 0 bridgehead atoms. The number of benzene rings is 2. The number of para-hydroxylation sites is 1. The van der Waals surface area contributed by atoms with Gasteiger partial charge in [0.15, 0.2) is 0 Å². The summed E-state index contributed by atoms with van der Waals surface area (Å²) in [5, 5.41) is 2.73. The zero-order chi connectivity index (χ0) is 19.3. The van der Waals surface area contributed by atoms with E-state index in [1.165, 1.54) is 4.31 Å². The molecule has 0 spiro atoms. The van der Waals surface area contributed by atoms with Crippen LogP contribution in [0.15, 0.2) is 48.5 Å². The second-order valence-corrected chi connectivity index (χ2v) is 8.39. The van der Waals surface area contributed by atoms with E-state index in [1.54, 1.807) is 24.3 Å². The Kier molecular flexibility index (Phi) is 6.01. The summed E-state index contributed by atoms with van der Waals surface area (Å²) in [5.41, 5.74) is 2.38. The van der Waals surface area contributed by atoms with E-state index >= 15 is 0 Å². The summed E-state index contributed by atoms with van der Waals surface area (Å²) >= 11 is 0. The molecule has 144 valence electrons. The molecule has 0 unspecified atom stereocenters. The van der Waals surface area contributed by atoms with Gasteiger partial charge < -0.3 is 10.1 Å². The van der Waals surface area contributed by atoms with E-state index in [0.29, 0.717) is 18.8 Å². The van der Waals surface area contributed by atoms with Crippen LogP contribution in [0.3, 0.4) is 0 Å². The molecule has 1 aliphatic rings. The van der Waals surface area contributed by atoms with Crippen LogP contribution in [0.1, 0.15) is 25.3 Å². The topological polar surface area (TPSA) is 75.7 Å². The maximum absolute atomic E-state index is 12.8. The monoisotopic (exact) mass is 388 g/mol. The SMILES string of the molecule is CCOc1ccc(NC(=O)CCS(=O)(=O)N2CCCc3ccccc32)cc1. The summed E-state index contributed by atoms with van der Waals surface area (Å²) in [6.07, 6.45) is 1.57. The van der Waals surface area contributed by atoms with Gasteiger partial charge in [0.05, 0.1) is 18.0 Å². The maximum Gasteiger partial charge on any atom is 0.235 e. The number of ether oxygens (including phenoxy) is 1. The first kappa shape index (κ1) is 19.2. The van der Waals surface area contributed by atoms with Crippen LogP contribution >= 0.6 is 0 Å². The standard InChI is InChI=1S/C20H24N2O4S/c1-2-26-18-11-9-17(10-12-18)21-20(23)13-15-27(24,25)22-14-5-7-16-6-3-4-8-19(16)22/h3-4,6,8-12H,2,5,7,13-15H2,1H3,(H,21,23). The molecule has 1 amide bonds. The molecule has 0 saturated carbocycles. The molecule has 2 aromatic rings. The van der Waals surface area contributed by atoms with E-state index in [0.717, 1.165) is 29.8 Å². The van der Waals surface area contributed by atoms with E-state index in [1.807, 2.05) is 31.2 Å². The quantitative estimate of drug-likeness (QED) is 0.790. The number of fused-ring (bicyclic) bond motifs is 1. The summed E-state index contributed by atoms with van der Waals surface area (Å²) in [5.74, 6) is 0.180. The average Bonchev–Trinajstić information content (AvgIpc) is 2.68. The Morgan fingerprint density at radius 2 is 1.89 bits per heavy atom. The zero-order valence-corrected chi connectivity index (χ0v) is 16.2. The van der Waals surface area contributed by atoms with Gasteiger partial charge in [-0.05, 0) is 55.7 Å². The van der Waals surface area contributed by atoms with Crippen LogP contribution in [0.25, 0.3) is 0 Å². The number of aryl methyl sites for hydroxylation is 1. The highest BCUT2D eigenvalue weighted by molar-refractivity contribution is 7.92. The van der Waals surface area contributed by atoms with Crippen molar-refractivity contribution in [2.45, 2.75) is 26.2 Å². The normalized spacial score (nSPS) is 13.7. The molecule has 7 heteroatoms. The summed E-state index contributed by atoms with van der Waals surface area (Å²) < 4.78 is 32.3. The van der Waals surface area contributed by atoms with Gasteiger partial charge in [0.1, 0.15) is 5.75 Å². The van der Waals surface area contributed by atoms with E-state index < -0.39 is 10.0 Å². The number of nitrogens with one attached hydrogen (secondary N) is 1. The summed E-state index contributed by atoms with van der Waals surface area (Å²) in [4.78, 5) is 12.2. The van der Waals surface area contributed by atoms with E-state index in [2.05, 4.69) is 5.32 Å². The van der Waals surface area contributed by atoms with E-state index in [-0.39, 0.29) is 18.1 Å². The molecule has 27 heavy (non-hydrogen) atoms. The Labute approximate surface area is 160 Å². The molecule has 0 aliphatic carbocycles. The van der Waals surface area contributed by atoms with Gasteiger partial charge in [0, 0.05) is 18.7 Å². The molecule has 3 rings (SSSR count). The fraction of sp³-hybridized carbons (Fsp3) is 0.350. The number of anilines is 2. The zero-order valence-electron chi connectivity index (χ0n) is 15.3. The molecule has 0 fully saturated rings. The van der Waals surface area contributed by atoms with Crippen molar-refractivity contribution in [2.24, 2.45) is 0 Å². The van der Waals surface area contributed by atoms with E-state index in [4.69, 9.17) is 4.74 Å². The maximum atomic E-state index is 12.8. The average molecular weight is 388 g/mol. The molecule has 0 aromatic heterocycles. The first-order valence-electron chi connectivity index (χ1n) is 9.10. The minimum absolute atomic E-state index is 0.0891. The number of amides is 1. The Morgan fingerprint density at radius 1 is 1.15 bits per heavy atom. The predicted molar refractivity (Wildman–Crippen MR) is 107 cm³/mol. The smallest absolute Gasteiger partial charge is 0.235 e. The van der Waals surface area contributed by atoms with Crippen molar-refractivity contribution in [2.75, 3.05) is 28.5 Å². The molecular formula is C20H24N2O4S. The number of rotatable bonds is 7.